The average molecular weight is 276 g/mol. The molecule has 1 unspecified atom stereocenters. The first-order chi connectivity index (χ1) is 8.19. The fourth-order valence-corrected chi connectivity index (χ4v) is 2.94. The lowest BCUT2D eigenvalue weighted by molar-refractivity contribution is -0.135. The maximum absolute atomic E-state index is 12.0. The molecule has 1 rings (SSSR count). The number of sulfone groups is 1. The highest BCUT2D eigenvalue weighted by atomic mass is 32.2. The summed E-state index contributed by atoms with van der Waals surface area (Å²) in [5, 5.41) is 3.14. The standard InChI is InChI=1S/C12H24N2O3S/c1-5-10-11(15)14(7-6-13-10)8-9-18(16,17)12(2,3)4/h10,13H,5-9H2,1-4H3. The third kappa shape index (κ3) is 3.45. The van der Waals surface area contributed by atoms with Gasteiger partial charge in [-0.1, -0.05) is 6.92 Å². The normalized spacial score (nSPS) is 22.3. The van der Waals surface area contributed by atoms with Crippen LogP contribution in [0.5, 0.6) is 0 Å². The zero-order valence-corrected chi connectivity index (χ0v) is 12.5. The summed E-state index contributed by atoms with van der Waals surface area (Å²) in [6, 6.07) is -0.156. The van der Waals surface area contributed by atoms with Gasteiger partial charge < -0.3 is 10.2 Å². The summed E-state index contributed by atoms with van der Waals surface area (Å²) in [6.07, 6.45) is 0.737. The van der Waals surface area contributed by atoms with Gasteiger partial charge in [0.05, 0.1) is 16.5 Å². The zero-order valence-electron chi connectivity index (χ0n) is 11.7. The Kier molecular flexibility index (Phi) is 4.78. The van der Waals surface area contributed by atoms with E-state index in [0.29, 0.717) is 13.1 Å². The molecule has 5 nitrogen and oxygen atoms in total. The van der Waals surface area contributed by atoms with Crippen LogP contribution in [0.25, 0.3) is 0 Å². The highest BCUT2D eigenvalue weighted by molar-refractivity contribution is 7.92. The van der Waals surface area contributed by atoms with Crippen LogP contribution in [0, 0.1) is 0 Å². The average Bonchev–Trinajstić information content (AvgIpc) is 2.26. The van der Waals surface area contributed by atoms with Crippen molar-refractivity contribution in [1.82, 2.24) is 10.2 Å². The lowest BCUT2D eigenvalue weighted by atomic mass is 10.1. The summed E-state index contributed by atoms with van der Waals surface area (Å²) in [7, 11) is -3.16. The second-order valence-corrected chi connectivity index (χ2v) is 8.53. The number of hydrogen-bond donors (Lipinski definition) is 1. The fourth-order valence-electron chi connectivity index (χ4n) is 1.87. The van der Waals surface area contributed by atoms with E-state index in [9.17, 15) is 13.2 Å². The SMILES string of the molecule is CCC1NCCN(CCS(=O)(=O)C(C)(C)C)C1=O. The molecule has 0 radical (unpaired) electrons. The monoisotopic (exact) mass is 276 g/mol. The Balaban J connectivity index is 2.61. The minimum Gasteiger partial charge on any atom is -0.339 e. The van der Waals surface area contributed by atoms with Gasteiger partial charge in [0.25, 0.3) is 0 Å². The van der Waals surface area contributed by atoms with Crippen LogP contribution in [0.2, 0.25) is 0 Å². The second kappa shape index (κ2) is 5.57. The molecule has 0 aromatic rings. The minimum atomic E-state index is -3.16. The van der Waals surface area contributed by atoms with E-state index in [1.165, 1.54) is 0 Å². The van der Waals surface area contributed by atoms with E-state index in [1.54, 1.807) is 25.7 Å². The molecule has 1 aliphatic heterocycles. The quantitative estimate of drug-likeness (QED) is 0.807. The van der Waals surface area contributed by atoms with Crippen LogP contribution in [0.1, 0.15) is 34.1 Å². The molecule has 1 atom stereocenters. The molecule has 1 N–H and O–H groups in total. The van der Waals surface area contributed by atoms with E-state index >= 15 is 0 Å². The summed E-state index contributed by atoms with van der Waals surface area (Å²) in [4.78, 5) is 13.7. The summed E-state index contributed by atoms with van der Waals surface area (Å²) in [5.41, 5.74) is 0. The van der Waals surface area contributed by atoms with E-state index in [2.05, 4.69) is 5.32 Å². The van der Waals surface area contributed by atoms with Crippen molar-refractivity contribution in [1.29, 1.82) is 0 Å². The van der Waals surface area contributed by atoms with Crippen LogP contribution in [0.3, 0.4) is 0 Å². The van der Waals surface area contributed by atoms with Gasteiger partial charge in [0, 0.05) is 19.6 Å². The van der Waals surface area contributed by atoms with Gasteiger partial charge in [-0.25, -0.2) is 8.42 Å². The summed E-state index contributed by atoms with van der Waals surface area (Å²) < 4.78 is 23.2. The van der Waals surface area contributed by atoms with Gasteiger partial charge in [-0.05, 0) is 27.2 Å². The smallest absolute Gasteiger partial charge is 0.239 e. The molecule has 1 amide bonds. The largest absolute Gasteiger partial charge is 0.339 e. The third-order valence-electron chi connectivity index (χ3n) is 3.35. The molecule has 1 heterocycles. The molecule has 0 bridgehead atoms. The van der Waals surface area contributed by atoms with Gasteiger partial charge in [0.15, 0.2) is 9.84 Å². The van der Waals surface area contributed by atoms with Gasteiger partial charge in [-0.3, -0.25) is 4.79 Å². The zero-order chi connectivity index (χ0) is 14.0. The molecular weight excluding hydrogens is 252 g/mol. The number of hydrogen-bond acceptors (Lipinski definition) is 4. The van der Waals surface area contributed by atoms with Crippen molar-refractivity contribution < 1.29 is 13.2 Å². The first kappa shape index (κ1) is 15.4. The predicted molar refractivity (Wildman–Crippen MR) is 72.2 cm³/mol. The maximum Gasteiger partial charge on any atom is 0.239 e. The van der Waals surface area contributed by atoms with Crippen molar-refractivity contribution in [2.45, 2.75) is 44.9 Å². The second-order valence-electron chi connectivity index (χ2n) is 5.67. The number of rotatable bonds is 4. The summed E-state index contributed by atoms with van der Waals surface area (Å²) in [5.74, 6) is 0.0615. The first-order valence-corrected chi connectivity index (χ1v) is 8.08. The van der Waals surface area contributed by atoms with Gasteiger partial charge in [0.1, 0.15) is 0 Å². The molecule has 0 saturated carbocycles. The van der Waals surface area contributed by atoms with Crippen LogP contribution in [-0.2, 0) is 14.6 Å². The minimum absolute atomic E-state index is 0.0212. The van der Waals surface area contributed by atoms with Gasteiger partial charge >= 0.3 is 0 Å². The number of nitrogens with zero attached hydrogens (tertiary/aromatic N) is 1. The predicted octanol–water partition coefficient (Wildman–Crippen LogP) is 0.410. The highest BCUT2D eigenvalue weighted by Gasteiger charge is 2.32. The lowest BCUT2D eigenvalue weighted by Crippen LogP contribution is -2.55. The first-order valence-electron chi connectivity index (χ1n) is 6.43. The van der Waals surface area contributed by atoms with Gasteiger partial charge in [0.2, 0.25) is 5.91 Å². The lowest BCUT2D eigenvalue weighted by Gasteiger charge is -2.33. The molecule has 6 heteroatoms. The van der Waals surface area contributed by atoms with E-state index in [-0.39, 0.29) is 17.7 Å². The Morgan fingerprint density at radius 1 is 1.39 bits per heavy atom. The van der Waals surface area contributed by atoms with Crippen molar-refractivity contribution in [2.24, 2.45) is 0 Å². The molecule has 0 spiro atoms. The number of amides is 1. The number of carbonyl (C=O) groups is 1. The van der Waals surface area contributed by atoms with Crippen LogP contribution >= 0.6 is 0 Å². The number of piperazine rings is 1. The number of nitrogens with one attached hydrogen (secondary N) is 1. The van der Waals surface area contributed by atoms with Crippen LogP contribution in [0.4, 0.5) is 0 Å². The van der Waals surface area contributed by atoms with Crippen molar-refractivity contribution in [3.63, 3.8) is 0 Å². The molecule has 1 fully saturated rings. The summed E-state index contributed by atoms with van der Waals surface area (Å²) in [6.45, 7) is 8.65. The van der Waals surface area contributed by atoms with Crippen LogP contribution in [0.15, 0.2) is 0 Å². The van der Waals surface area contributed by atoms with E-state index < -0.39 is 14.6 Å². The van der Waals surface area contributed by atoms with Crippen molar-refractivity contribution in [3.8, 4) is 0 Å². The highest BCUT2D eigenvalue weighted by Crippen LogP contribution is 2.16. The third-order valence-corrected chi connectivity index (χ3v) is 5.94. The maximum atomic E-state index is 12.0. The number of carbonyl (C=O) groups excluding carboxylic acids is 1. The Morgan fingerprint density at radius 3 is 2.50 bits per heavy atom. The summed E-state index contributed by atoms with van der Waals surface area (Å²) >= 11 is 0. The Labute approximate surface area is 110 Å². The van der Waals surface area contributed by atoms with Crippen LogP contribution in [-0.4, -0.2) is 55.4 Å². The van der Waals surface area contributed by atoms with Crippen molar-refractivity contribution in [3.05, 3.63) is 0 Å². The molecule has 1 aliphatic rings. The Hall–Kier alpha value is -0.620. The van der Waals surface area contributed by atoms with E-state index in [1.807, 2.05) is 6.92 Å². The topological polar surface area (TPSA) is 66.5 Å². The molecule has 0 aromatic heterocycles. The fraction of sp³-hybridized carbons (Fsp3) is 0.917. The Morgan fingerprint density at radius 2 is 2.00 bits per heavy atom. The van der Waals surface area contributed by atoms with Crippen molar-refractivity contribution in [2.75, 3.05) is 25.4 Å². The van der Waals surface area contributed by atoms with Crippen LogP contribution < -0.4 is 5.32 Å². The Bertz CT molecular complexity index is 398. The molecule has 106 valence electrons. The molecule has 18 heavy (non-hydrogen) atoms. The molecular formula is C12H24N2O3S. The van der Waals surface area contributed by atoms with Gasteiger partial charge in [-0.15, -0.1) is 0 Å². The van der Waals surface area contributed by atoms with Gasteiger partial charge in [-0.2, -0.15) is 0 Å². The molecule has 1 saturated heterocycles. The molecule has 0 aromatic carbocycles. The van der Waals surface area contributed by atoms with Crippen molar-refractivity contribution >= 4 is 15.7 Å². The van der Waals surface area contributed by atoms with E-state index in [0.717, 1.165) is 13.0 Å². The van der Waals surface area contributed by atoms with E-state index in [4.69, 9.17) is 0 Å². The molecule has 0 aliphatic carbocycles.